The van der Waals surface area contributed by atoms with Gasteiger partial charge in [0.15, 0.2) is 11.3 Å². The number of nitrogens with one attached hydrogen (secondary N) is 1. The fourth-order valence-electron chi connectivity index (χ4n) is 10.0. The molecule has 0 radical (unpaired) electrons. The van der Waals surface area contributed by atoms with Gasteiger partial charge in [-0.2, -0.15) is 0 Å². The summed E-state index contributed by atoms with van der Waals surface area (Å²) in [5.41, 5.74) is -0.634. The van der Waals surface area contributed by atoms with Gasteiger partial charge in [0.05, 0.1) is 35.5 Å². The molecular weight excluding hydrogens is 889 g/mol. The van der Waals surface area contributed by atoms with Crippen molar-refractivity contribution < 1.29 is 58.2 Å². The van der Waals surface area contributed by atoms with Crippen molar-refractivity contribution in [3.8, 4) is 28.7 Å². The molecule has 5 aliphatic rings. The Bertz CT molecular complexity index is 2770. The fourth-order valence-corrected chi connectivity index (χ4v) is 10.0. The van der Waals surface area contributed by atoms with Gasteiger partial charge < -0.3 is 58.9 Å². The maximum Gasteiger partial charge on any atom is 0.312 e. The van der Waals surface area contributed by atoms with Gasteiger partial charge in [-0.3, -0.25) is 19.2 Å². The molecule has 1 aliphatic carbocycles. The molecule has 69 heavy (non-hydrogen) atoms. The van der Waals surface area contributed by atoms with E-state index in [1.165, 1.54) is 53.2 Å². The van der Waals surface area contributed by atoms with Crippen LogP contribution in [0.4, 0.5) is 11.4 Å². The predicted molar refractivity (Wildman–Crippen MR) is 261 cm³/mol. The number of hydrogen-bond donors (Lipinski definition) is 5. The number of phenols is 2. The minimum absolute atomic E-state index is 0.00588. The number of Topliss-reactive ketones (excluding diaryl/α,β-unsaturated/α-hetero) is 1. The van der Waals surface area contributed by atoms with E-state index < -0.39 is 82.7 Å². The van der Waals surface area contributed by atoms with Crippen LogP contribution in [-0.4, -0.2) is 118 Å². The number of allylic oxidation sites excluding steroid dienone is 2. The third kappa shape index (κ3) is 9.41. The molecule has 0 aromatic heterocycles. The molecule has 0 spiro atoms. The van der Waals surface area contributed by atoms with Crippen molar-refractivity contribution in [2.75, 3.05) is 37.5 Å². The minimum Gasteiger partial charge on any atom is -0.507 e. The Kier molecular flexibility index (Phi) is 14.6. The van der Waals surface area contributed by atoms with Gasteiger partial charge in [-0.05, 0) is 53.7 Å². The maximum atomic E-state index is 14.9. The molecule has 7 rings (SSSR count). The van der Waals surface area contributed by atoms with E-state index >= 15 is 0 Å². The Balaban J connectivity index is 1.42. The number of methoxy groups -OCH3 is 1. The predicted octanol–water partition coefficient (Wildman–Crippen LogP) is 6.96. The smallest absolute Gasteiger partial charge is 0.312 e. The van der Waals surface area contributed by atoms with Crippen LogP contribution in [0.1, 0.15) is 91.1 Å². The molecule has 17 heteroatoms. The number of aliphatic hydroxyl groups is 2. The lowest BCUT2D eigenvalue weighted by atomic mass is 9.78. The van der Waals surface area contributed by atoms with Gasteiger partial charge in [0.2, 0.25) is 5.43 Å². The van der Waals surface area contributed by atoms with Crippen molar-refractivity contribution in [2.24, 2.45) is 23.7 Å². The largest absolute Gasteiger partial charge is 0.507 e. The molecule has 4 bridgehead atoms. The number of piperidine rings is 1. The molecule has 9 atom stereocenters. The summed E-state index contributed by atoms with van der Waals surface area (Å²) in [6.45, 7) is 18.3. The van der Waals surface area contributed by atoms with Crippen molar-refractivity contribution in [3.63, 3.8) is 0 Å². The molecule has 0 saturated carbocycles. The minimum atomic E-state index is -2.08. The van der Waals surface area contributed by atoms with Crippen molar-refractivity contribution >= 4 is 50.9 Å². The van der Waals surface area contributed by atoms with E-state index in [0.29, 0.717) is 30.9 Å². The van der Waals surface area contributed by atoms with E-state index in [2.05, 4.69) is 36.0 Å². The molecule has 372 valence electrons. The van der Waals surface area contributed by atoms with Gasteiger partial charge in [0.25, 0.3) is 11.7 Å². The van der Waals surface area contributed by atoms with Gasteiger partial charge in [0, 0.05) is 104 Å². The summed E-state index contributed by atoms with van der Waals surface area (Å²) >= 11 is 0. The number of carbonyl (C=O) groups is 3. The van der Waals surface area contributed by atoms with Crippen LogP contribution in [-0.2, 0) is 23.8 Å². The normalized spacial score (nSPS) is 29.3. The number of hydrogen-bond acceptors (Lipinski definition) is 16. The van der Waals surface area contributed by atoms with Gasteiger partial charge in [-0.15, -0.1) is 0 Å². The van der Waals surface area contributed by atoms with E-state index in [4.69, 9.17) is 28.3 Å². The third-order valence-electron chi connectivity index (χ3n) is 14.6. The number of aromatic hydroxyl groups is 2. The summed E-state index contributed by atoms with van der Waals surface area (Å²) in [5, 5.41) is 48.8. The molecule has 0 unspecified atom stereocenters. The second-order valence-electron chi connectivity index (χ2n) is 19.5. The average molecular weight is 955 g/mol. The topological polar surface area (TPSA) is 231 Å². The quantitative estimate of drug-likeness (QED) is 0.0773. The first-order valence-corrected chi connectivity index (χ1v) is 23.6. The Labute approximate surface area is 401 Å². The third-order valence-corrected chi connectivity index (χ3v) is 14.6. The van der Waals surface area contributed by atoms with Gasteiger partial charge in [0.1, 0.15) is 40.3 Å². The summed E-state index contributed by atoms with van der Waals surface area (Å²) in [6, 6.07) is 4.06. The summed E-state index contributed by atoms with van der Waals surface area (Å²) in [6.07, 6.45) is 5.26. The van der Waals surface area contributed by atoms with Crippen molar-refractivity contribution in [2.45, 2.75) is 124 Å². The van der Waals surface area contributed by atoms with E-state index in [1.54, 1.807) is 52.0 Å². The number of carbonyl (C=O) groups excluding carboxylic acids is 3. The molecular formula is C52H66N4O13. The first kappa shape index (κ1) is 50.9. The van der Waals surface area contributed by atoms with Crippen LogP contribution in [0, 0.1) is 30.6 Å². The van der Waals surface area contributed by atoms with Crippen LogP contribution in [0.3, 0.4) is 0 Å². The number of benzene rings is 3. The van der Waals surface area contributed by atoms with Crippen molar-refractivity contribution in [1.29, 1.82) is 0 Å². The highest BCUT2D eigenvalue weighted by atomic mass is 16.7. The SMILES string of the molecule is CO[C@H]1/C=C/O[C@@]2(C)Oc3c(C)c(O)c4c(=O)c(c5oc6cc(N7CCC(N(C)C(C)C)CC7)cc(O)c6nc-5c4c3C2=O)NC(=O)/C(C)=C\C=C\[C@H](C)[C@H](O)[C@@H](C)[C@@H](O)[C@@H](C)[C@H](OC(C)=O)[C@@H]1C. The van der Waals surface area contributed by atoms with E-state index in [0.717, 1.165) is 12.8 Å². The molecule has 2 aromatic carbocycles. The highest BCUT2D eigenvalue weighted by molar-refractivity contribution is 6.22. The summed E-state index contributed by atoms with van der Waals surface area (Å²) < 4.78 is 30.5. The lowest BCUT2D eigenvalue weighted by Gasteiger charge is -2.39. The maximum absolute atomic E-state index is 14.9. The summed E-state index contributed by atoms with van der Waals surface area (Å²) in [4.78, 5) is 65.6. The molecule has 1 saturated heterocycles. The van der Waals surface area contributed by atoms with Crippen LogP contribution >= 0.6 is 0 Å². The number of nitrogens with zero attached hydrogens (tertiary/aromatic N) is 3. The zero-order chi connectivity index (χ0) is 50.5. The standard InChI is InChI=1S/C52H66N4O13/c1-24(2)55(11)32-16-19-56(20-17-32)33-22-34(58)40-36(23-33)68-49-41(53-40)37-38-45(61)30(8)48-39(37)50(63)52(10,69-48)66-21-18-35(65-12)27(5)47(67-31(9)57)29(7)44(60)28(6)43(59)25(3)14-13-15-26(4)51(64)54-42(49)46(38)62/h13-15,18,21-25,27-29,32,35,43-44,47,58-61H,16-17,19-20H2,1-12H3,(H,54,64)/b14-13+,21-18+,26-15-/t25-,27+,28+,29+,35-,43-,44+,47+,52-/m0/s1. The van der Waals surface area contributed by atoms with Crippen LogP contribution in [0.2, 0.25) is 0 Å². The molecule has 2 aromatic rings. The Hall–Kier alpha value is -6.01. The highest BCUT2D eigenvalue weighted by Gasteiger charge is 2.50. The van der Waals surface area contributed by atoms with Gasteiger partial charge >= 0.3 is 11.8 Å². The summed E-state index contributed by atoms with van der Waals surface area (Å²) in [7, 11) is 3.56. The lowest BCUT2D eigenvalue weighted by Crippen LogP contribution is -2.46. The van der Waals surface area contributed by atoms with E-state index in [1.807, 2.05) is 0 Å². The number of fused-ring (bicyclic) bond motifs is 2. The molecule has 1 fully saturated rings. The average Bonchev–Trinajstić information content (AvgIpc) is 3.58. The Morgan fingerprint density at radius 2 is 1.67 bits per heavy atom. The molecule has 5 N–H and O–H groups in total. The number of esters is 1. The monoisotopic (exact) mass is 954 g/mol. The number of aromatic nitrogens is 1. The molecule has 4 heterocycles. The number of amides is 1. The fraction of sp³-hybridized carbons (Fsp3) is 0.519. The number of aliphatic hydroxyl groups excluding tert-OH is 2. The van der Waals surface area contributed by atoms with Gasteiger partial charge in [-0.1, -0.05) is 45.9 Å². The number of phenolic OH excluding ortho intramolecular Hbond substituents is 2. The number of ether oxygens (including phenoxy) is 4. The Morgan fingerprint density at radius 3 is 2.30 bits per heavy atom. The van der Waals surface area contributed by atoms with Gasteiger partial charge in [-0.25, -0.2) is 4.98 Å². The number of ketones is 1. The zero-order valence-electron chi connectivity index (χ0n) is 41.4. The zero-order valence-corrected chi connectivity index (χ0v) is 41.4. The second kappa shape index (κ2) is 19.8. The second-order valence-corrected chi connectivity index (χ2v) is 19.5. The van der Waals surface area contributed by atoms with Crippen LogP contribution < -0.4 is 20.4 Å². The van der Waals surface area contributed by atoms with Crippen LogP contribution in [0.5, 0.6) is 17.2 Å². The van der Waals surface area contributed by atoms with Crippen molar-refractivity contribution in [1.82, 2.24) is 9.88 Å². The van der Waals surface area contributed by atoms with Crippen LogP contribution in [0.25, 0.3) is 33.3 Å². The van der Waals surface area contributed by atoms with Crippen LogP contribution in [0.15, 0.2) is 57.5 Å². The first-order chi connectivity index (χ1) is 32.5. The number of rotatable bonds is 5. The molecule has 1 amide bonds. The Morgan fingerprint density at radius 1 is 0.986 bits per heavy atom. The lowest BCUT2D eigenvalue weighted by molar-refractivity contribution is -0.160. The number of anilines is 2. The van der Waals surface area contributed by atoms with E-state index in [-0.39, 0.29) is 67.2 Å². The van der Waals surface area contributed by atoms with E-state index in [9.17, 15) is 39.6 Å². The highest BCUT2D eigenvalue weighted by Crippen LogP contribution is 2.51. The molecule has 4 aliphatic heterocycles. The molecule has 17 nitrogen and oxygen atoms in total. The summed E-state index contributed by atoms with van der Waals surface area (Å²) in [5.74, 6) is -7.82. The van der Waals surface area contributed by atoms with Crippen molar-refractivity contribution in [3.05, 3.63) is 69.6 Å². The first-order valence-electron chi connectivity index (χ1n) is 23.6.